The van der Waals surface area contributed by atoms with E-state index in [0.29, 0.717) is 28.0 Å². The van der Waals surface area contributed by atoms with Crippen LogP contribution in [0.1, 0.15) is 31.8 Å². The zero-order valence-corrected chi connectivity index (χ0v) is 20.4. The Hall–Kier alpha value is -4.39. The number of carboxylic acid groups (broad SMARTS) is 1. The molecule has 0 unspecified atom stereocenters. The van der Waals surface area contributed by atoms with Crippen molar-refractivity contribution in [2.45, 2.75) is 13.8 Å². The maximum atomic E-state index is 12.5. The number of aromatic carboxylic acids is 1. The number of amides is 1. The molecule has 36 heavy (non-hydrogen) atoms. The van der Waals surface area contributed by atoms with Gasteiger partial charge in [-0.3, -0.25) is 4.79 Å². The van der Waals surface area contributed by atoms with Crippen molar-refractivity contribution in [1.29, 1.82) is 0 Å². The number of fused-ring (bicyclic) bond motifs is 1. The third-order valence-electron chi connectivity index (χ3n) is 6.84. The van der Waals surface area contributed by atoms with Gasteiger partial charge in [-0.1, -0.05) is 30.3 Å². The molecule has 0 spiro atoms. The number of aromatic nitrogens is 1. The van der Waals surface area contributed by atoms with E-state index >= 15 is 0 Å². The number of rotatable bonds is 5. The Bertz CT molecular complexity index is 1440. The highest BCUT2D eigenvalue weighted by atomic mass is 16.4. The van der Waals surface area contributed by atoms with E-state index in [1.807, 2.05) is 6.07 Å². The van der Waals surface area contributed by atoms with Gasteiger partial charge in [-0.15, -0.1) is 0 Å². The Morgan fingerprint density at radius 3 is 2.31 bits per heavy atom. The zero-order valence-electron chi connectivity index (χ0n) is 20.4. The summed E-state index contributed by atoms with van der Waals surface area (Å²) in [6.45, 7) is 7.43. The number of hydrogen-bond donors (Lipinski definition) is 2. The molecule has 1 saturated heterocycles. The Morgan fingerprint density at radius 1 is 0.861 bits per heavy atom. The highest BCUT2D eigenvalue weighted by molar-refractivity contribution is 6.08. The number of piperazine rings is 1. The van der Waals surface area contributed by atoms with Crippen molar-refractivity contribution in [3.8, 4) is 0 Å². The highest BCUT2D eigenvalue weighted by Gasteiger charge is 2.22. The Morgan fingerprint density at radius 2 is 1.58 bits per heavy atom. The largest absolute Gasteiger partial charge is 0.478 e. The summed E-state index contributed by atoms with van der Waals surface area (Å²) in [5.74, 6) is -0.621. The summed E-state index contributed by atoms with van der Waals surface area (Å²) in [6.07, 6.45) is 0. The number of carbonyl (C=O) groups is 2. The molecular formula is C29H28N4O3. The molecule has 0 saturated carbocycles. The van der Waals surface area contributed by atoms with E-state index in [1.54, 1.807) is 48.5 Å². The van der Waals surface area contributed by atoms with Gasteiger partial charge in [0.1, 0.15) is 5.82 Å². The van der Waals surface area contributed by atoms with E-state index in [4.69, 9.17) is 4.98 Å². The van der Waals surface area contributed by atoms with Crippen molar-refractivity contribution in [3.05, 3.63) is 95.1 Å². The Labute approximate surface area is 210 Å². The number of pyridine rings is 1. The van der Waals surface area contributed by atoms with Gasteiger partial charge in [-0.05, 0) is 67.4 Å². The first-order valence-electron chi connectivity index (χ1n) is 12.0. The van der Waals surface area contributed by atoms with Crippen LogP contribution in [0.3, 0.4) is 0 Å². The van der Waals surface area contributed by atoms with E-state index in [0.717, 1.165) is 26.2 Å². The average molecular weight is 481 g/mol. The lowest BCUT2D eigenvalue weighted by molar-refractivity contribution is 0.0698. The summed E-state index contributed by atoms with van der Waals surface area (Å²) < 4.78 is 0. The first kappa shape index (κ1) is 23.4. The lowest BCUT2D eigenvalue weighted by atomic mass is 10.1. The van der Waals surface area contributed by atoms with Crippen LogP contribution in [0.15, 0.2) is 72.8 Å². The zero-order chi connectivity index (χ0) is 25.2. The second kappa shape index (κ2) is 9.70. The molecule has 1 aliphatic rings. The Kier molecular flexibility index (Phi) is 6.29. The number of nitrogens with zero attached hydrogens (tertiary/aromatic N) is 3. The van der Waals surface area contributed by atoms with Gasteiger partial charge in [0.05, 0.1) is 11.1 Å². The minimum absolute atomic E-state index is 0.169. The van der Waals surface area contributed by atoms with Gasteiger partial charge < -0.3 is 20.2 Å². The van der Waals surface area contributed by atoms with Gasteiger partial charge in [0.15, 0.2) is 0 Å². The maximum Gasteiger partial charge on any atom is 0.336 e. The molecule has 2 heterocycles. The summed E-state index contributed by atoms with van der Waals surface area (Å²) >= 11 is 0. The number of hydrogen-bond acceptors (Lipinski definition) is 5. The second-order valence-electron chi connectivity index (χ2n) is 9.08. The molecule has 3 aromatic carbocycles. The van der Waals surface area contributed by atoms with Crippen molar-refractivity contribution >= 4 is 40.0 Å². The van der Waals surface area contributed by atoms with E-state index < -0.39 is 5.97 Å². The third kappa shape index (κ3) is 4.60. The normalized spacial score (nSPS) is 13.6. The van der Waals surface area contributed by atoms with Crippen molar-refractivity contribution in [1.82, 2.24) is 4.98 Å². The van der Waals surface area contributed by atoms with Gasteiger partial charge in [0.25, 0.3) is 5.91 Å². The van der Waals surface area contributed by atoms with Crippen LogP contribution < -0.4 is 15.1 Å². The molecule has 0 aliphatic carbocycles. The predicted octanol–water partition coefficient (Wildman–Crippen LogP) is 5.13. The molecule has 1 aliphatic heterocycles. The number of nitrogens with one attached hydrogen (secondary N) is 1. The third-order valence-corrected chi connectivity index (χ3v) is 6.84. The van der Waals surface area contributed by atoms with Gasteiger partial charge in [-0.2, -0.15) is 0 Å². The first-order chi connectivity index (χ1) is 17.4. The number of carboxylic acids is 1. The molecule has 0 atom stereocenters. The minimum Gasteiger partial charge on any atom is -0.478 e. The molecule has 182 valence electrons. The highest BCUT2D eigenvalue weighted by Crippen LogP contribution is 2.29. The van der Waals surface area contributed by atoms with E-state index in [9.17, 15) is 14.7 Å². The van der Waals surface area contributed by atoms with Crippen molar-refractivity contribution in [3.63, 3.8) is 0 Å². The smallest absolute Gasteiger partial charge is 0.336 e. The second-order valence-corrected chi connectivity index (χ2v) is 9.08. The summed E-state index contributed by atoms with van der Waals surface area (Å²) in [6, 6.07) is 22.1. The van der Waals surface area contributed by atoms with Crippen molar-refractivity contribution < 1.29 is 14.7 Å². The van der Waals surface area contributed by atoms with Crippen LogP contribution in [0.25, 0.3) is 10.9 Å². The molecule has 1 fully saturated rings. The van der Waals surface area contributed by atoms with Crippen molar-refractivity contribution in [2.75, 3.05) is 41.3 Å². The molecule has 5 rings (SSSR count). The summed E-state index contributed by atoms with van der Waals surface area (Å²) in [5.41, 5.74) is 5.62. The lowest BCUT2D eigenvalue weighted by Gasteiger charge is -2.37. The topological polar surface area (TPSA) is 85.8 Å². The number of benzene rings is 3. The molecule has 1 aromatic heterocycles. The van der Waals surface area contributed by atoms with Crippen LogP contribution in [0, 0.1) is 13.8 Å². The van der Waals surface area contributed by atoms with Gasteiger partial charge in [0, 0.05) is 48.5 Å². The number of anilines is 3. The molecular weight excluding hydrogens is 452 g/mol. The quantitative estimate of drug-likeness (QED) is 0.412. The van der Waals surface area contributed by atoms with Crippen LogP contribution >= 0.6 is 0 Å². The number of aryl methyl sites for hydroxylation is 1. The molecule has 0 bridgehead atoms. The van der Waals surface area contributed by atoms with Crippen molar-refractivity contribution in [2.24, 2.45) is 0 Å². The Balaban J connectivity index is 1.38. The van der Waals surface area contributed by atoms with Crippen LogP contribution in [0.5, 0.6) is 0 Å². The van der Waals surface area contributed by atoms with E-state index in [2.05, 4.69) is 47.2 Å². The van der Waals surface area contributed by atoms with Crippen LogP contribution in [0.2, 0.25) is 0 Å². The molecule has 0 radical (unpaired) electrons. The molecule has 7 heteroatoms. The lowest BCUT2D eigenvalue weighted by Crippen LogP contribution is -2.47. The summed E-state index contributed by atoms with van der Waals surface area (Å²) in [7, 11) is 0. The molecule has 2 N–H and O–H groups in total. The minimum atomic E-state index is -1.02. The molecule has 4 aromatic rings. The standard InChI is InChI=1S/C29H28N4O3/c1-19-7-6-10-26(20(19)2)32-13-15-33(16-14-32)27-18-24(29(35)36)23-17-22(11-12-25(23)31-27)30-28(34)21-8-4-3-5-9-21/h3-12,17-18H,13-16H2,1-2H3,(H,30,34)(H,35,36). The summed E-state index contributed by atoms with van der Waals surface area (Å²) in [5, 5.41) is 13.3. The average Bonchev–Trinajstić information content (AvgIpc) is 2.90. The fraction of sp³-hybridized carbons (Fsp3) is 0.207. The predicted molar refractivity (Wildman–Crippen MR) is 143 cm³/mol. The van der Waals surface area contributed by atoms with E-state index in [-0.39, 0.29) is 11.5 Å². The van der Waals surface area contributed by atoms with Crippen LogP contribution in [-0.2, 0) is 0 Å². The van der Waals surface area contributed by atoms with Gasteiger partial charge >= 0.3 is 5.97 Å². The SMILES string of the molecule is Cc1cccc(N2CCN(c3cc(C(=O)O)c4cc(NC(=O)c5ccccc5)ccc4n3)CC2)c1C. The van der Waals surface area contributed by atoms with Crippen LogP contribution in [0.4, 0.5) is 17.2 Å². The van der Waals surface area contributed by atoms with Gasteiger partial charge in [0.2, 0.25) is 0 Å². The maximum absolute atomic E-state index is 12.5. The van der Waals surface area contributed by atoms with E-state index in [1.165, 1.54) is 16.8 Å². The van der Waals surface area contributed by atoms with Gasteiger partial charge in [-0.25, -0.2) is 9.78 Å². The molecule has 1 amide bonds. The monoisotopic (exact) mass is 480 g/mol. The molecule has 7 nitrogen and oxygen atoms in total. The fourth-order valence-corrected chi connectivity index (χ4v) is 4.68. The fourth-order valence-electron chi connectivity index (χ4n) is 4.68. The van der Waals surface area contributed by atoms with Crippen LogP contribution in [-0.4, -0.2) is 48.1 Å². The number of carbonyl (C=O) groups excluding carboxylic acids is 1. The first-order valence-corrected chi connectivity index (χ1v) is 12.0. The summed E-state index contributed by atoms with van der Waals surface area (Å²) in [4.78, 5) is 34.0.